The summed E-state index contributed by atoms with van der Waals surface area (Å²) in [6, 6.07) is 0. The molecule has 0 spiro atoms. The van der Waals surface area contributed by atoms with Gasteiger partial charge in [0.2, 0.25) is 0 Å². The molecular formula is C66H102O33. The molecule has 5 saturated heterocycles. The summed E-state index contributed by atoms with van der Waals surface area (Å²) in [5, 5.41) is 196. The highest BCUT2D eigenvalue weighted by atomic mass is 16.8. The molecule has 0 radical (unpaired) electrons. The third-order valence-corrected chi connectivity index (χ3v) is 21.5. The number of esters is 3. The average Bonchev–Trinajstić information content (AvgIpc) is 0.775. The molecule has 33 heteroatoms. The number of aliphatic hydroxyl groups excluding tert-OH is 18. The van der Waals surface area contributed by atoms with E-state index in [1.54, 1.807) is 12.2 Å². The number of rotatable bonds is 22. The van der Waals surface area contributed by atoms with Crippen molar-refractivity contribution < 1.29 is 163 Å². The fraction of sp³-hybridized carbons (Fsp3) is 0.864. The van der Waals surface area contributed by atoms with Crippen molar-refractivity contribution in [1.82, 2.24) is 0 Å². The fourth-order valence-electron chi connectivity index (χ4n) is 15.4. The molecular weight excluding hydrogens is 1320 g/mol. The Kier molecular flexibility index (Phi) is 28.1. The van der Waals surface area contributed by atoms with Crippen LogP contribution in [0.5, 0.6) is 0 Å². The maximum Gasteiger partial charge on any atom is 0.330 e. The van der Waals surface area contributed by atoms with E-state index >= 15 is 0 Å². The van der Waals surface area contributed by atoms with E-state index in [4.69, 9.17) is 56.8 Å². The van der Waals surface area contributed by atoms with Gasteiger partial charge in [-0.15, -0.1) is 0 Å². The van der Waals surface area contributed by atoms with E-state index in [1.165, 1.54) is 18.2 Å². The van der Waals surface area contributed by atoms with Gasteiger partial charge in [0.25, 0.3) is 0 Å². The largest absolute Gasteiger partial charge is 0.460 e. The van der Waals surface area contributed by atoms with Crippen molar-refractivity contribution in [2.45, 2.75) is 299 Å². The molecule has 10 fully saturated rings. The lowest BCUT2D eigenvalue weighted by Gasteiger charge is -2.53. The second kappa shape index (κ2) is 35.6. The van der Waals surface area contributed by atoms with Crippen LogP contribution in [-0.2, 0) is 71.2 Å². The molecule has 99 heavy (non-hydrogen) atoms. The van der Waals surface area contributed by atoms with Crippen LogP contribution in [-0.4, -0.2) is 326 Å². The molecule has 5 heterocycles. The van der Waals surface area contributed by atoms with E-state index in [9.17, 15) is 106 Å². The van der Waals surface area contributed by atoms with Crippen LogP contribution in [0.2, 0.25) is 0 Å². The van der Waals surface area contributed by atoms with Crippen LogP contribution >= 0.6 is 0 Å². The van der Waals surface area contributed by atoms with Crippen molar-refractivity contribution in [1.29, 1.82) is 0 Å². The number of allylic oxidation sites excluding steroid dienone is 3. The monoisotopic (exact) mass is 1420 g/mol. The van der Waals surface area contributed by atoms with Crippen LogP contribution in [0.15, 0.2) is 36.5 Å². The van der Waals surface area contributed by atoms with E-state index in [2.05, 4.69) is 0 Å². The normalized spacial score (nSPS) is 47.9. The predicted molar refractivity (Wildman–Crippen MR) is 328 cm³/mol. The number of carbonyl (C=O) groups excluding carboxylic acids is 3. The number of fused-ring (bicyclic) bond motifs is 1. The summed E-state index contributed by atoms with van der Waals surface area (Å²) in [7, 11) is 0. The van der Waals surface area contributed by atoms with Crippen molar-refractivity contribution in [2.75, 3.05) is 26.4 Å². The van der Waals surface area contributed by atoms with Crippen molar-refractivity contribution >= 4 is 17.9 Å². The van der Waals surface area contributed by atoms with Gasteiger partial charge < -0.3 is 149 Å². The predicted octanol–water partition coefficient (Wildman–Crippen LogP) is -5.60. The SMILES string of the molecule is O=C(C=CC1CCC(O)CC1)OC[C@H]1O[C@@H](OC2CCC(C=CC(=O)OC[C@H]3O[C@@H](OC4CC5C(CC(O)CC5O[C@@H]5O[C@H](CO)[C@@H](O)[C@H](O)[C@H]5O)OC4C4CCC(O)C(O)C4)[C@H](O[C@@H]4O[C@H](COC(=O)C=CC5CCC(O)CC5)[C@@H](O)[C@H](O)[C@H]4O)[C@@H](O)[C@@H]3O)CC2O)[C@H](O)[C@@H](O)[C@@H]1O. The van der Waals surface area contributed by atoms with E-state index < -0.39 is 246 Å². The average molecular weight is 1420 g/mol. The van der Waals surface area contributed by atoms with Gasteiger partial charge in [-0.25, -0.2) is 14.4 Å². The Hall–Kier alpha value is -3.45. The molecule has 5 aliphatic carbocycles. The Morgan fingerprint density at radius 2 is 0.778 bits per heavy atom. The van der Waals surface area contributed by atoms with Gasteiger partial charge in [0.1, 0.15) is 117 Å². The number of hydrogen-bond donors (Lipinski definition) is 18. The lowest BCUT2D eigenvalue weighted by atomic mass is 9.72. The van der Waals surface area contributed by atoms with Crippen LogP contribution < -0.4 is 0 Å². The highest BCUT2D eigenvalue weighted by Crippen LogP contribution is 2.46. The van der Waals surface area contributed by atoms with Crippen LogP contribution in [0.1, 0.15) is 109 Å². The Bertz CT molecular complexity index is 2640. The van der Waals surface area contributed by atoms with Crippen LogP contribution in [0.4, 0.5) is 0 Å². The molecule has 10 aliphatic rings. The standard InChI is InChI=1S/C66H102O33/c67-24-43-50(77)54(81)58(85)64(95-43)93-41-22-34(70)21-40-35(41)23-42(61(91-40)31-9-14-36(71)37(72)20-31)94-66-62(99-65-60(87)56(83)52(79)45(97-65)26-89-48(75)17-7-29-3-12-33(69)13-4-29)57(84)53(80)46(98-66)27-90-49(76)18-8-30-5-15-39(38(73)19-30)92-63-59(86)55(82)51(78)44(96-63)25-88-47(74)16-6-28-1-10-32(68)11-2-28/h6-8,16-18,28-46,50-73,77-87H,1-5,9-15,19-27H2/t28?,29?,30?,31?,32?,33?,34?,35?,36?,37?,38?,39?,40?,41?,42?,43-,44-,45-,46-,50-,51-,52-,53-,54+,55+,56+,57+,58-,59-,60-,61?,62-,63-,64-,65+,66-/m1/s1. The first-order chi connectivity index (χ1) is 47.2. The van der Waals surface area contributed by atoms with Crippen molar-refractivity contribution in [3.8, 4) is 0 Å². The highest BCUT2D eigenvalue weighted by Gasteiger charge is 2.57. The third kappa shape index (κ3) is 19.7. The number of hydrogen-bond acceptors (Lipinski definition) is 33. The summed E-state index contributed by atoms with van der Waals surface area (Å²) in [6.07, 6.45) is -32.4. The van der Waals surface area contributed by atoms with E-state index in [-0.39, 0.29) is 69.3 Å². The maximum absolute atomic E-state index is 13.6. The van der Waals surface area contributed by atoms with Crippen molar-refractivity contribution in [3.05, 3.63) is 36.5 Å². The Morgan fingerprint density at radius 1 is 0.343 bits per heavy atom. The first-order valence-electron chi connectivity index (χ1n) is 34.9. The molecule has 564 valence electrons. The quantitative estimate of drug-likeness (QED) is 0.0273. The molecule has 5 aliphatic heterocycles. The van der Waals surface area contributed by atoms with E-state index in [0.717, 1.165) is 6.08 Å². The molecule has 0 bridgehead atoms. The first-order valence-corrected chi connectivity index (χ1v) is 34.9. The molecule has 32 atom stereocenters. The summed E-state index contributed by atoms with van der Waals surface area (Å²) < 4.78 is 72.0. The third-order valence-electron chi connectivity index (χ3n) is 21.5. The van der Waals surface area contributed by atoms with Crippen molar-refractivity contribution in [3.63, 3.8) is 0 Å². The number of aliphatic hydroxyl groups is 18. The number of carbonyl (C=O) groups is 3. The second-order valence-corrected chi connectivity index (χ2v) is 28.5. The zero-order chi connectivity index (χ0) is 71.1. The van der Waals surface area contributed by atoms with Gasteiger partial charge in [0.05, 0.1) is 73.8 Å². The summed E-state index contributed by atoms with van der Waals surface area (Å²) in [5.41, 5.74) is 0. The summed E-state index contributed by atoms with van der Waals surface area (Å²) >= 11 is 0. The van der Waals surface area contributed by atoms with Gasteiger partial charge in [0, 0.05) is 30.6 Å². The lowest BCUT2D eigenvalue weighted by molar-refractivity contribution is -0.380. The zero-order valence-electron chi connectivity index (χ0n) is 54.8. The van der Waals surface area contributed by atoms with E-state index in [1.807, 2.05) is 0 Å². The molecule has 10 rings (SSSR count). The van der Waals surface area contributed by atoms with Crippen LogP contribution in [0, 0.1) is 29.6 Å². The maximum atomic E-state index is 13.6. The number of ether oxygens (including phenoxy) is 12. The summed E-state index contributed by atoms with van der Waals surface area (Å²) in [6.45, 7) is -2.75. The smallest absolute Gasteiger partial charge is 0.330 e. The summed E-state index contributed by atoms with van der Waals surface area (Å²) in [5.74, 6) is -4.33. The molecule has 33 nitrogen and oxygen atoms in total. The first kappa shape index (κ1) is 78.1. The molecule has 18 N–H and O–H groups in total. The highest BCUT2D eigenvalue weighted by molar-refractivity contribution is 5.82. The Morgan fingerprint density at radius 3 is 1.27 bits per heavy atom. The van der Waals surface area contributed by atoms with Gasteiger partial charge in [-0.3, -0.25) is 0 Å². The Balaban J connectivity index is 0.818. The van der Waals surface area contributed by atoms with Gasteiger partial charge in [-0.1, -0.05) is 18.2 Å². The van der Waals surface area contributed by atoms with Gasteiger partial charge in [0.15, 0.2) is 25.2 Å². The zero-order valence-corrected chi connectivity index (χ0v) is 54.8. The Labute approximate surface area is 570 Å². The van der Waals surface area contributed by atoms with Gasteiger partial charge in [-0.05, 0) is 126 Å². The van der Waals surface area contributed by atoms with Crippen LogP contribution in [0.25, 0.3) is 0 Å². The minimum atomic E-state index is -2.11. The molecule has 0 aromatic heterocycles. The van der Waals surface area contributed by atoms with Gasteiger partial charge >= 0.3 is 17.9 Å². The molecule has 0 aromatic rings. The molecule has 5 saturated carbocycles. The van der Waals surface area contributed by atoms with Gasteiger partial charge in [-0.2, -0.15) is 0 Å². The minimum absolute atomic E-state index is 0.00789. The molecule has 12 unspecified atom stereocenters. The lowest BCUT2D eigenvalue weighted by Crippen LogP contribution is -2.66. The second-order valence-electron chi connectivity index (χ2n) is 28.5. The van der Waals surface area contributed by atoms with Crippen LogP contribution in [0.3, 0.4) is 0 Å². The topological polar surface area (TPSA) is 526 Å². The summed E-state index contributed by atoms with van der Waals surface area (Å²) in [4.78, 5) is 39.0. The molecule has 0 aromatic carbocycles. The van der Waals surface area contributed by atoms with Crippen molar-refractivity contribution in [2.24, 2.45) is 29.6 Å². The fourth-order valence-corrected chi connectivity index (χ4v) is 15.4. The minimum Gasteiger partial charge on any atom is -0.460 e. The van der Waals surface area contributed by atoms with E-state index in [0.29, 0.717) is 57.8 Å². The molecule has 0 amide bonds.